The Balaban J connectivity index is 3.58. The van der Waals surface area contributed by atoms with Crippen molar-refractivity contribution in [3.05, 3.63) is 25.7 Å². The van der Waals surface area contributed by atoms with Crippen LogP contribution in [0, 0.1) is 4.91 Å². The van der Waals surface area contributed by atoms with Gasteiger partial charge in [0.1, 0.15) is 11.9 Å². The Hall–Kier alpha value is -2.45. The highest BCUT2D eigenvalue weighted by atomic mass is 16.4. The first-order valence-electron chi connectivity index (χ1n) is 5.14. The minimum atomic E-state index is -1.35. The van der Waals surface area contributed by atoms with Gasteiger partial charge in [-0.25, -0.2) is 14.2 Å². The van der Waals surface area contributed by atoms with Crippen LogP contribution in [0.4, 0.5) is 11.5 Å². The van der Waals surface area contributed by atoms with Crippen molar-refractivity contribution < 1.29 is 9.90 Å². The van der Waals surface area contributed by atoms with Crippen LogP contribution in [0.15, 0.2) is 14.8 Å². The van der Waals surface area contributed by atoms with Crippen LogP contribution in [0.5, 0.6) is 0 Å². The van der Waals surface area contributed by atoms with Crippen LogP contribution in [-0.2, 0) is 4.79 Å². The summed E-state index contributed by atoms with van der Waals surface area (Å²) in [7, 11) is 0. The lowest BCUT2D eigenvalue weighted by molar-refractivity contribution is -0.141. The maximum atomic E-state index is 11.8. The summed E-state index contributed by atoms with van der Waals surface area (Å²) in [5.74, 6) is -1.82. The normalized spacial score (nSPS) is 12.1. The quantitative estimate of drug-likeness (QED) is 0.628. The summed E-state index contributed by atoms with van der Waals surface area (Å²) in [5, 5.41) is 11.4. The second-order valence-electron chi connectivity index (χ2n) is 3.60. The number of nitrogens with zero attached hydrogens (tertiary/aromatic N) is 2. The molecule has 0 aliphatic carbocycles. The molecular weight excluding hydrogens is 244 g/mol. The van der Waals surface area contributed by atoms with Crippen molar-refractivity contribution in [1.82, 2.24) is 9.55 Å². The predicted octanol–water partition coefficient (Wildman–Crippen LogP) is -0.0575. The summed E-state index contributed by atoms with van der Waals surface area (Å²) in [4.78, 5) is 46.8. The van der Waals surface area contributed by atoms with Gasteiger partial charge in [0.2, 0.25) is 5.69 Å². The lowest BCUT2D eigenvalue weighted by Crippen LogP contribution is -2.41. The van der Waals surface area contributed by atoms with Crippen molar-refractivity contribution in [1.29, 1.82) is 0 Å². The molecule has 0 spiro atoms. The van der Waals surface area contributed by atoms with Gasteiger partial charge in [-0.3, -0.25) is 9.78 Å². The molecule has 1 atom stereocenters. The molecule has 0 saturated heterocycles. The van der Waals surface area contributed by atoms with Crippen LogP contribution in [0.25, 0.3) is 0 Å². The van der Waals surface area contributed by atoms with E-state index in [1.165, 1.54) is 0 Å². The molecule has 18 heavy (non-hydrogen) atoms. The lowest BCUT2D eigenvalue weighted by atomic mass is 10.1. The smallest absolute Gasteiger partial charge is 0.330 e. The second-order valence-corrected chi connectivity index (χ2v) is 3.60. The summed E-state index contributed by atoms with van der Waals surface area (Å²) >= 11 is 0. The number of nitroso groups, excluding NO2 is 1. The van der Waals surface area contributed by atoms with E-state index in [1.54, 1.807) is 6.92 Å². The van der Waals surface area contributed by atoms with Gasteiger partial charge in [0.05, 0.1) is 0 Å². The highest BCUT2D eigenvalue weighted by molar-refractivity contribution is 5.72. The van der Waals surface area contributed by atoms with Crippen LogP contribution in [0.1, 0.15) is 25.8 Å². The van der Waals surface area contributed by atoms with Crippen LogP contribution in [0.3, 0.4) is 0 Å². The molecule has 9 nitrogen and oxygen atoms in total. The first-order chi connectivity index (χ1) is 8.43. The van der Waals surface area contributed by atoms with Gasteiger partial charge in [-0.1, -0.05) is 13.3 Å². The Bertz CT molecular complexity index is 588. The Labute approximate surface area is 100 Å². The van der Waals surface area contributed by atoms with Crippen LogP contribution >= 0.6 is 0 Å². The van der Waals surface area contributed by atoms with E-state index in [9.17, 15) is 19.3 Å². The number of H-pyrrole nitrogens is 1. The van der Waals surface area contributed by atoms with Gasteiger partial charge in [-0.15, -0.1) is 4.91 Å². The molecule has 1 aromatic heterocycles. The minimum Gasteiger partial charge on any atom is -0.480 e. The molecule has 0 saturated carbocycles. The largest absolute Gasteiger partial charge is 0.480 e. The number of aromatic nitrogens is 2. The van der Waals surface area contributed by atoms with Crippen molar-refractivity contribution in [3.63, 3.8) is 0 Å². The van der Waals surface area contributed by atoms with Crippen molar-refractivity contribution in [2.75, 3.05) is 5.73 Å². The fourth-order valence-corrected chi connectivity index (χ4v) is 1.56. The number of carbonyl (C=O) groups is 1. The lowest BCUT2D eigenvalue weighted by Gasteiger charge is -2.13. The van der Waals surface area contributed by atoms with E-state index in [-0.39, 0.29) is 6.42 Å². The molecular formula is C9H12N4O5. The molecule has 98 valence electrons. The third-order valence-corrected chi connectivity index (χ3v) is 2.39. The van der Waals surface area contributed by atoms with E-state index in [0.717, 1.165) is 0 Å². The summed E-state index contributed by atoms with van der Waals surface area (Å²) in [6.07, 6.45) is 0.512. The van der Waals surface area contributed by atoms with E-state index in [1.807, 2.05) is 4.98 Å². The summed E-state index contributed by atoms with van der Waals surface area (Å²) in [5.41, 5.74) is 2.46. The molecule has 1 heterocycles. The van der Waals surface area contributed by atoms with Gasteiger partial charge in [0.25, 0.3) is 5.56 Å². The number of nitrogens with two attached hydrogens (primary N) is 1. The third kappa shape index (κ3) is 2.29. The van der Waals surface area contributed by atoms with Gasteiger partial charge in [0, 0.05) is 0 Å². The van der Waals surface area contributed by atoms with Crippen LogP contribution in [-0.4, -0.2) is 20.6 Å². The highest BCUT2D eigenvalue weighted by Crippen LogP contribution is 2.14. The van der Waals surface area contributed by atoms with Gasteiger partial charge >= 0.3 is 11.7 Å². The second kappa shape index (κ2) is 5.25. The third-order valence-electron chi connectivity index (χ3n) is 2.39. The monoisotopic (exact) mass is 256 g/mol. The van der Waals surface area contributed by atoms with E-state index in [4.69, 9.17) is 10.8 Å². The molecule has 4 N–H and O–H groups in total. The fourth-order valence-electron chi connectivity index (χ4n) is 1.56. The van der Waals surface area contributed by atoms with Crippen molar-refractivity contribution in [3.8, 4) is 0 Å². The molecule has 0 fully saturated rings. The molecule has 0 bridgehead atoms. The van der Waals surface area contributed by atoms with Crippen molar-refractivity contribution >= 4 is 17.5 Å². The van der Waals surface area contributed by atoms with Crippen LogP contribution < -0.4 is 17.0 Å². The number of carboxylic acid groups (broad SMARTS) is 1. The molecule has 1 rings (SSSR count). The number of rotatable bonds is 5. The molecule has 1 aromatic rings. The number of hydrogen-bond acceptors (Lipinski definition) is 6. The Morgan fingerprint density at radius 2 is 2.17 bits per heavy atom. The van der Waals surface area contributed by atoms with Gasteiger partial charge in [-0.05, 0) is 11.6 Å². The zero-order chi connectivity index (χ0) is 13.9. The first-order valence-corrected chi connectivity index (χ1v) is 5.14. The van der Waals surface area contributed by atoms with Gasteiger partial charge < -0.3 is 10.8 Å². The number of aromatic amines is 1. The molecule has 9 heteroatoms. The SMILES string of the molecule is CCCC(C(=O)O)n1c(=O)[nH]c(N)c(N=O)c1=O. The molecule has 0 aromatic carbocycles. The Morgan fingerprint density at radius 1 is 1.56 bits per heavy atom. The van der Waals surface area contributed by atoms with E-state index in [0.29, 0.717) is 11.0 Å². The molecule has 0 aliphatic rings. The molecule has 0 radical (unpaired) electrons. The van der Waals surface area contributed by atoms with Crippen LogP contribution in [0.2, 0.25) is 0 Å². The number of anilines is 1. The topological polar surface area (TPSA) is 148 Å². The number of hydrogen-bond donors (Lipinski definition) is 3. The summed E-state index contributed by atoms with van der Waals surface area (Å²) < 4.78 is 0.443. The minimum absolute atomic E-state index is 0.0700. The molecule has 0 amide bonds. The molecule has 1 unspecified atom stereocenters. The zero-order valence-electron chi connectivity index (χ0n) is 9.54. The first kappa shape index (κ1) is 13.6. The van der Waals surface area contributed by atoms with Gasteiger partial charge in [-0.2, -0.15) is 0 Å². The van der Waals surface area contributed by atoms with Crippen molar-refractivity contribution in [2.24, 2.45) is 5.18 Å². The van der Waals surface area contributed by atoms with E-state index >= 15 is 0 Å². The number of nitrogen functional groups attached to an aromatic ring is 1. The summed E-state index contributed by atoms with van der Waals surface area (Å²) in [6.45, 7) is 1.70. The maximum Gasteiger partial charge on any atom is 0.330 e. The highest BCUT2D eigenvalue weighted by Gasteiger charge is 2.25. The zero-order valence-corrected chi connectivity index (χ0v) is 9.54. The number of aliphatic carboxylic acids is 1. The Morgan fingerprint density at radius 3 is 2.61 bits per heavy atom. The van der Waals surface area contributed by atoms with Gasteiger partial charge in [0.15, 0.2) is 0 Å². The van der Waals surface area contributed by atoms with Crippen molar-refractivity contribution in [2.45, 2.75) is 25.8 Å². The predicted molar refractivity (Wildman–Crippen MR) is 62.8 cm³/mol. The average molecular weight is 256 g/mol. The van der Waals surface area contributed by atoms with E-state index in [2.05, 4.69) is 5.18 Å². The van der Waals surface area contributed by atoms with E-state index < -0.39 is 34.8 Å². The average Bonchev–Trinajstić information content (AvgIpc) is 2.27. The number of nitrogens with one attached hydrogen (secondary N) is 1. The Kier molecular flexibility index (Phi) is 3.97. The summed E-state index contributed by atoms with van der Waals surface area (Å²) in [6, 6.07) is -1.35. The fraction of sp³-hybridized carbons (Fsp3) is 0.444. The molecule has 0 aliphatic heterocycles. The maximum absolute atomic E-state index is 11.8. The number of carboxylic acids is 1. The standard InChI is InChI=1S/C9H12N4O5/c1-2-3-4(8(15)16)13-7(14)5(12-18)6(10)11-9(13)17/h4H,2-3,10H2,1H3,(H,11,17)(H,15,16).